The lowest BCUT2D eigenvalue weighted by atomic mass is 10.1. The fourth-order valence-electron chi connectivity index (χ4n) is 2.98. The van der Waals surface area contributed by atoms with Crippen LogP contribution in [0, 0.1) is 6.92 Å². The third kappa shape index (κ3) is 4.35. The van der Waals surface area contributed by atoms with Gasteiger partial charge in [0.25, 0.3) is 0 Å². The van der Waals surface area contributed by atoms with Gasteiger partial charge >= 0.3 is 6.03 Å². The molecule has 1 saturated heterocycles. The molecule has 3 rings (SSSR count). The molecule has 1 atom stereocenters. The number of aryl methyl sites for hydroxylation is 1. The van der Waals surface area contributed by atoms with Crippen LogP contribution in [-0.4, -0.2) is 46.3 Å². The van der Waals surface area contributed by atoms with Crippen LogP contribution in [0.3, 0.4) is 0 Å². The second kappa shape index (κ2) is 7.78. The summed E-state index contributed by atoms with van der Waals surface area (Å²) in [6.07, 6.45) is 2.83. The molecule has 2 heterocycles. The molecule has 0 aliphatic carbocycles. The molecule has 0 radical (unpaired) electrons. The number of benzene rings is 1. The van der Waals surface area contributed by atoms with E-state index in [1.807, 2.05) is 31.2 Å². The molecule has 0 bridgehead atoms. The Balaban J connectivity index is 1.64. The second-order valence-corrected chi connectivity index (χ2v) is 7.01. The number of halogens is 1. The van der Waals surface area contributed by atoms with Gasteiger partial charge in [-0.2, -0.15) is 5.10 Å². The van der Waals surface area contributed by atoms with Crippen LogP contribution in [-0.2, 0) is 11.3 Å². The predicted octanol–water partition coefficient (Wildman–Crippen LogP) is 2.64. The summed E-state index contributed by atoms with van der Waals surface area (Å²) in [6.45, 7) is 2.95. The monoisotopic (exact) mass is 375 g/mol. The van der Waals surface area contributed by atoms with Gasteiger partial charge in [-0.15, -0.1) is 0 Å². The number of nitrogens with one attached hydrogen (secondary N) is 2. The number of carbonyl (C=O) groups excluding carboxylic acids is 2. The Bertz CT molecular complexity index is 802. The first-order valence-electron chi connectivity index (χ1n) is 8.50. The number of rotatable bonds is 4. The van der Waals surface area contributed by atoms with Crippen LogP contribution in [0.4, 0.5) is 10.6 Å². The Morgan fingerprint density at radius 1 is 1.35 bits per heavy atom. The molecule has 26 heavy (non-hydrogen) atoms. The number of hydrogen-bond donors (Lipinski definition) is 2. The highest BCUT2D eigenvalue weighted by Crippen LogP contribution is 2.17. The number of likely N-dealkylation sites (N-methyl/N-ethyl adjacent to an activating group) is 1. The number of carbonyl (C=O) groups is 2. The fourth-order valence-corrected chi connectivity index (χ4v) is 3.11. The minimum atomic E-state index is -0.293. The first-order valence-corrected chi connectivity index (χ1v) is 8.88. The summed E-state index contributed by atoms with van der Waals surface area (Å²) < 4.78 is 1.74. The average Bonchev–Trinajstić information content (AvgIpc) is 2.93. The highest BCUT2D eigenvalue weighted by atomic mass is 35.5. The van der Waals surface area contributed by atoms with Gasteiger partial charge in [0, 0.05) is 36.6 Å². The highest BCUT2D eigenvalue weighted by molar-refractivity contribution is 6.30. The third-order valence-electron chi connectivity index (χ3n) is 4.46. The van der Waals surface area contributed by atoms with Gasteiger partial charge < -0.3 is 10.2 Å². The van der Waals surface area contributed by atoms with E-state index >= 15 is 0 Å². The van der Waals surface area contributed by atoms with Crippen LogP contribution in [0.25, 0.3) is 0 Å². The zero-order valence-electron chi connectivity index (χ0n) is 14.8. The van der Waals surface area contributed by atoms with Crippen molar-refractivity contribution in [1.29, 1.82) is 0 Å². The molecule has 3 amide bonds. The first kappa shape index (κ1) is 18.3. The molecule has 0 spiro atoms. The minimum absolute atomic E-state index is 0.0503. The van der Waals surface area contributed by atoms with Gasteiger partial charge in [0.1, 0.15) is 5.82 Å². The molecule has 1 aromatic heterocycles. The van der Waals surface area contributed by atoms with E-state index in [2.05, 4.69) is 15.7 Å². The topological polar surface area (TPSA) is 79.3 Å². The SMILES string of the molecule is Cc1cnn(Cc2ccc(Cl)cc2)c1NC(=O)N[C@@H]1CCC(=O)N(C)C1. The Morgan fingerprint density at radius 3 is 2.77 bits per heavy atom. The van der Waals surface area contributed by atoms with E-state index in [0.29, 0.717) is 36.8 Å². The number of anilines is 1. The molecule has 138 valence electrons. The zero-order chi connectivity index (χ0) is 18.7. The van der Waals surface area contributed by atoms with Crippen molar-refractivity contribution in [3.8, 4) is 0 Å². The smallest absolute Gasteiger partial charge is 0.320 e. The molecule has 8 heteroatoms. The maximum absolute atomic E-state index is 12.4. The summed E-state index contributed by atoms with van der Waals surface area (Å²) in [7, 11) is 1.75. The number of nitrogens with zero attached hydrogens (tertiary/aromatic N) is 3. The first-order chi connectivity index (χ1) is 12.4. The van der Waals surface area contributed by atoms with Gasteiger partial charge in [-0.25, -0.2) is 9.48 Å². The van der Waals surface area contributed by atoms with E-state index < -0.39 is 0 Å². The maximum atomic E-state index is 12.4. The summed E-state index contributed by atoms with van der Waals surface area (Å²) in [6, 6.07) is 7.17. The third-order valence-corrected chi connectivity index (χ3v) is 4.71. The van der Waals surface area contributed by atoms with Crippen LogP contribution in [0.15, 0.2) is 30.5 Å². The molecule has 1 fully saturated rings. The molecule has 1 aromatic carbocycles. The van der Waals surface area contributed by atoms with Crippen molar-refractivity contribution in [3.63, 3.8) is 0 Å². The number of urea groups is 1. The maximum Gasteiger partial charge on any atom is 0.320 e. The molecule has 7 nitrogen and oxygen atoms in total. The lowest BCUT2D eigenvalue weighted by Gasteiger charge is -2.30. The number of likely N-dealkylation sites (tertiary alicyclic amines) is 1. The molecule has 1 aliphatic rings. The standard InChI is InChI=1S/C18H22ClN5O2/c1-12-9-20-24(10-13-3-5-14(19)6-4-13)17(12)22-18(26)21-15-7-8-16(25)23(2)11-15/h3-6,9,15H,7-8,10-11H2,1-2H3,(H2,21,22,26)/t15-/m1/s1. The van der Waals surface area contributed by atoms with Crippen molar-refractivity contribution < 1.29 is 9.59 Å². The lowest BCUT2D eigenvalue weighted by molar-refractivity contribution is -0.132. The zero-order valence-corrected chi connectivity index (χ0v) is 15.6. The fraction of sp³-hybridized carbons (Fsp3) is 0.389. The van der Waals surface area contributed by atoms with Gasteiger partial charge in [0.2, 0.25) is 5.91 Å². The van der Waals surface area contributed by atoms with Crippen LogP contribution in [0.5, 0.6) is 0 Å². The quantitative estimate of drug-likeness (QED) is 0.862. The Morgan fingerprint density at radius 2 is 2.08 bits per heavy atom. The van der Waals surface area contributed by atoms with E-state index in [1.165, 1.54) is 0 Å². The van der Waals surface area contributed by atoms with Gasteiger partial charge in [-0.1, -0.05) is 23.7 Å². The summed E-state index contributed by atoms with van der Waals surface area (Å²) in [5, 5.41) is 10.8. The number of hydrogen-bond acceptors (Lipinski definition) is 3. The van der Waals surface area contributed by atoms with Crippen LogP contribution in [0.1, 0.15) is 24.0 Å². The van der Waals surface area contributed by atoms with E-state index in [4.69, 9.17) is 11.6 Å². The lowest BCUT2D eigenvalue weighted by Crippen LogP contribution is -2.49. The average molecular weight is 376 g/mol. The molecule has 0 saturated carbocycles. The molecule has 0 unspecified atom stereocenters. The molecule has 1 aliphatic heterocycles. The molecule has 2 N–H and O–H groups in total. The van der Waals surface area contributed by atoms with Gasteiger partial charge in [0.15, 0.2) is 0 Å². The van der Waals surface area contributed by atoms with Crippen molar-refractivity contribution >= 4 is 29.4 Å². The van der Waals surface area contributed by atoms with Crippen molar-refractivity contribution in [1.82, 2.24) is 20.0 Å². The van der Waals surface area contributed by atoms with Gasteiger partial charge in [0.05, 0.1) is 12.7 Å². The molecular weight excluding hydrogens is 354 g/mol. The largest absolute Gasteiger partial charge is 0.344 e. The van der Waals surface area contributed by atoms with Crippen molar-refractivity contribution in [2.45, 2.75) is 32.4 Å². The van der Waals surface area contributed by atoms with Crippen molar-refractivity contribution in [2.24, 2.45) is 0 Å². The normalized spacial score (nSPS) is 17.3. The number of aromatic nitrogens is 2. The highest BCUT2D eigenvalue weighted by Gasteiger charge is 2.24. The van der Waals surface area contributed by atoms with Gasteiger partial charge in [-0.05, 0) is 31.0 Å². The van der Waals surface area contributed by atoms with Crippen molar-refractivity contribution in [3.05, 3.63) is 46.6 Å². The van der Waals surface area contributed by atoms with E-state index in [1.54, 1.807) is 22.8 Å². The van der Waals surface area contributed by atoms with E-state index in [0.717, 1.165) is 11.1 Å². The van der Waals surface area contributed by atoms with E-state index in [9.17, 15) is 9.59 Å². The second-order valence-electron chi connectivity index (χ2n) is 6.57. The summed E-state index contributed by atoms with van der Waals surface area (Å²) in [4.78, 5) is 25.6. The van der Waals surface area contributed by atoms with Crippen LogP contribution in [0.2, 0.25) is 5.02 Å². The van der Waals surface area contributed by atoms with Crippen LogP contribution >= 0.6 is 11.6 Å². The van der Waals surface area contributed by atoms with Crippen molar-refractivity contribution in [2.75, 3.05) is 18.9 Å². The summed E-state index contributed by atoms with van der Waals surface area (Å²) in [5.41, 5.74) is 1.92. The minimum Gasteiger partial charge on any atom is -0.344 e. The summed E-state index contributed by atoms with van der Waals surface area (Å²) in [5.74, 6) is 0.762. The molecular formula is C18H22ClN5O2. The summed E-state index contributed by atoms with van der Waals surface area (Å²) >= 11 is 5.92. The Kier molecular flexibility index (Phi) is 5.46. The Labute approximate surface area is 157 Å². The van der Waals surface area contributed by atoms with Crippen LogP contribution < -0.4 is 10.6 Å². The number of piperidine rings is 1. The molecule has 2 aromatic rings. The number of amides is 3. The Hall–Kier alpha value is -2.54. The van der Waals surface area contributed by atoms with E-state index in [-0.39, 0.29) is 18.0 Å². The van der Waals surface area contributed by atoms with Gasteiger partial charge in [-0.3, -0.25) is 10.1 Å². The predicted molar refractivity (Wildman–Crippen MR) is 100 cm³/mol.